The van der Waals surface area contributed by atoms with Crippen molar-refractivity contribution in [1.29, 1.82) is 0 Å². The highest BCUT2D eigenvalue weighted by atomic mass is 35.5. The number of halogens is 1. The molecule has 35 heavy (non-hydrogen) atoms. The smallest absolute Gasteiger partial charge is 0.153 e. The third-order valence-electron chi connectivity index (χ3n) is 6.18. The third kappa shape index (κ3) is 6.93. The van der Waals surface area contributed by atoms with Gasteiger partial charge in [-0.25, -0.2) is 9.98 Å². The molecule has 1 atom stereocenters. The van der Waals surface area contributed by atoms with Gasteiger partial charge in [-0.1, -0.05) is 25.4 Å². The van der Waals surface area contributed by atoms with Crippen LogP contribution in [0.2, 0.25) is 5.02 Å². The molecule has 0 saturated carbocycles. The number of aromatic hydroxyl groups is 1. The number of phenols is 1. The van der Waals surface area contributed by atoms with Crippen molar-refractivity contribution in [2.75, 3.05) is 31.6 Å². The molecule has 1 aliphatic rings. The molecule has 0 aliphatic carbocycles. The van der Waals surface area contributed by atoms with Gasteiger partial charge in [-0.15, -0.1) is 0 Å². The largest absolute Gasteiger partial charge is 0.508 e. The van der Waals surface area contributed by atoms with E-state index in [0.29, 0.717) is 17.4 Å². The van der Waals surface area contributed by atoms with Crippen molar-refractivity contribution < 1.29 is 9.84 Å². The number of rotatable bonds is 9. The van der Waals surface area contributed by atoms with Crippen LogP contribution in [0, 0.1) is 5.92 Å². The van der Waals surface area contributed by atoms with Gasteiger partial charge in [0, 0.05) is 40.9 Å². The molecule has 1 aromatic carbocycles. The van der Waals surface area contributed by atoms with Crippen LogP contribution < -0.4 is 10.1 Å². The van der Waals surface area contributed by atoms with Crippen LogP contribution in [0.5, 0.6) is 11.5 Å². The van der Waals surface area contributed by atoms with Crippen molar-refractivity contribution in [1.82, 2.24) is 14.9 Å². The topological polar surface area (TPSA) is 82.9 Å². The van der Waals surface area contributed by atoms with Crippen LogP contribution in [-0.2, 0) is 0 Å². The number of amidine groups is 1. The minimum Gasteiger partial charge on any atom is -0.508 e. The maximum atomic E-state index is 9.79. The highest BCUT2D eigenvalue weighted by Crippen LogP contribution is 2.31. The molecule has 0 radical (unpaired) electrons. The number of ether oxygens (including phenoxy) is 1. The zero-order chi connectivity index (χ0) is 24.6. The summed E-state index contributed by atoms with van der Waals surface area (Å²) in [6.07, 6.45) is 8.69. The zero-order valence-corrected chi connectivity index (χ0v) is 21.0. The number of aliphatic imine (C=N–C) groups is 1. The number of anilines is 1. The van der Waals surface area contributed by atoms with Crippen LogP contribution >= 0.6 is 11.6 Å². The molecule has 4 rings (SSSR count). The summed E-state index contributed by atoms with van der Waals surface area (Å²) in [5.74, 6) is 2.48. The van der Waals surface area contributed by atoms with Crippen molar-refractivity contribution in [3.05, 3.63) is 60.0 Å². The fourth-order valence-electron chi connectivity index (χ4n) is 3.94. The van der Waals surface area contributed by atoms with Gasteiger partial charge in [0.1, 0.15) is 23.9 Å². The van der Waals surface area contributed by atoms with E-state index < -0.39 is 0 Å². The van der Waals surface area contributed by atoms with Gasteiger partial charge in [-0.05, 0) is 62.7 Å². The van der Waals surface area contributed by atoms with Crippen LogP contribution in [0.4, 0.5) is 11.5 Å². The highest BCUT2D eigenvalue weighted by molar-refractivity contribution is 6.33. The zero-order valence-electron chi connectivity index (χ0n) is 20.2. The molecule has 8 heteroatoms. The quantitative estimate of drug-likeness (QED) is 0.274. The molecule has 2 N–H and O–H groups in total. The number of nitrogens with one attached hydrogen (secondary N) is 1. The molecule has 0 amide bonds. The number of hydrogen-bond acceptors (Lipinski definition) is 6. The van der Waals surface area contributed by atoms with Crippen LogP contribution in [0.3, 0.4) is 0 Å². The second-order valence-corrected chi connectivity index (χ2v) is 9.21. The molecule has 0 bridgehead atoms. The second-order valence-electron chi connectivity index (χ2n) is 8.81. The average molecular weight is 494 g/mol. The summed E-state index contributed by atoms with van der Waals surface area (Å²) in [5.41, 5.74) is 2.36. The Labute approximate surface area is 211 Å². The Morgan fingerprint density at radius 1 is 1.17 bits per heavy atom. The number of pyridine rings is 2. The Balaban J connectivity index is 1.46. The van der Waals surface area contributed by atoms with Crippen molar-refractivity contribution in [3.63, 3.8) is 0 Å². The van der Waals surface area contributed by atoms with E-state index in [0.717, 1.165) is 54.5 Å². The maximum Gasteiger partial charge on any atom is 0.153 e. The molecule has 2 aromatic heterocycles. The van der Waals surface area contributed by atoms with Crippen molar-refractivity contribution >= 4 is 28.9 Å². The van der Waals surface area contributed by atoms with E-state index in [2.05, 4.69) is 34.0 Å². The molecule has 184 valence electrons. The molecule has 1 fully saturated rings. The first-order valence-corrected chi connectivity index (χ1v) is 12.5. The normalized spacial score (nSPS) is 15.2. The standard InChI is InChI=1S/C27H32ClN5O2/c1-3-19(2)27(31-21-14-23(18-29-17-21)35-13-12-33-10-4-5-11-33)32-26-9-6-20(16-30-26)24-15-22(34)7-8-25(24)28/h6-9,14-19,34H,3-5,10-13H2,1-2H3,(H,30,31,32). The molecule has 1 unspecified atom stereocenters. The predicted octanol–water partition coefficient (Wildman–Crippen LogP) is 6.17. The summed E-state index contributed by atoms with van der Waals surface area (Å²) in [4.78, 5) is 16.1. The molecule has 0 spiro atoms. The molecular weight excluding hydrogens is 462 g/mol. The summed E-state index contributed by atoms with van der Waals surface area (Å²) >= 11 is 6.29. The molecule has 1 aliphatic heterocycles. The van der Waals surface area contributed by atoms with Crippen molar-refractivity contribution in [2.45, 2.75) is 33.1 Å². The minimum absolute atomic E-state index is 0.158. The van der Waals surface area contributed by atoms with E-state index in [4.69, 9.17) is 21.3 Å². The summed E-state index contributed by atoms with van der Waals surface area (Å²) in [7, 11) is 0. The van der Waals surface area contributed by atoms with E-state index in [1.54, 1.807) is 36.8 Å². The number of aromatic nitrogens is 2. The summed E-state index contributed by atoms with van der Waals surface area (Å²) < 4.78 is 5.94. The molecule has 3 aromatic rings. The summed E-state index contributed by atoms with van der Waals surface area (Å²) in [5, 5.41) is 13.8. The van der Waals surface area contributed by atoms with Crippen LogP contribution in [0.15, 0.2) is 60.0 Å². The highest BCUT2D eigenvalue weighted by Gasteiger charge is 2.13. The van der Waals surface area contributed by atoms with Crippen molar-refractivity contribution in [2.24, 2.45) is 10.9 Å². The lowest BCUT2D eigenvalue weighted by atomic mass is 10.1. The van der Waals surface area contributed by atoms with E-state index in [1.807, 2.05) is 18.2 Å². The molecule has 3 heterocycles. The van der Waals surface area contributed by atoms with E-state index in [1.165, 1.54) is 12.8 Å². The number of benzene rings is 1. The Bertz CT molecular complexity index is 1150. The van der Waals surface area contributed by atoms with Crippen LogP contribution in [0.1, 0.15) is 33.1 Å². The predicted molar refractivity (Wildman–Crippen MR) is 142 cm³/mol. The van der Waals surface area contributed by atoms with Gasteiger partial charge in [0.25, 0.3) is 0 Å². The fourth-order valence-corrected chi connectivity index (χ4v) is 4.16. The van der Waals surface area contributed by atoms with Crippen LogP contribution in [0.25, 0.3) is 11.1 Å². The minimum atomic E-state index is 0.158. The lowest BCUT2D eigenvalue weighted by Gasteiger charge is -2.17. The summed E-state index contributed by atoms with van der Waals surface area (Å²) in [6.45, 7) is 8.15. The fraction of sp³-hybridized carbons (Fsp3) is 0.370. The number of likely N-dealkylation sites (tertiary alicyclic amines) is 1. The lowest BCUT2D eigenvalue weighted by molar-refractivity contribution is 0.237. The maximum absolute atomic E-state index is 9.79. The summed E-state index contributed by atoms with van der Waals surface area (Å²) in [6, 6.07) is 10.6. The average Bonchev–Trinajstić information content (AvgIpc) is 3.39. The number of nitrogens with zero attached hydrogens (tertiary/aromatic N) is 4. The first-order valence-electron chi connectivity index (χ1n) is 12.1. The molecule has 1 saturated heterocycles. The monoisotopic (exact) mass is 493 g/mol. The Hall–Kier alpha value is -3.16. The lowest BCUT2D eigenvalue weighted by Crippen LogP contribution is -2.25. The van der Waals surface area contributed by atoms with E-state index >= 15 is 0 Å². The van der Waals surface area contributed by atoms with Gasteiger partial charge in [0.15, 0.2) is 5.82 Å². The van der Waals surface area contributed by atoms with Gasteiger partial charge in [0.2, 0.25) is 0 Å². The second kappa shape index (κ2) is 12.0. The van der Waals surface area contributed by atoms with Crippen LogP contribution in [-0.4, -0.2) is 52.1 Å². The Morgan fingerprint density at radius 2 is 2.00 bits per heavy atom. The Morgan fingerprint density at radius 3 is 2.74 bits per heavy atom. The van der Waals surface area contributed by atoms with Gasteiger partial charge in [-0.2, -0.15) is 0 Å². The first-order chi connectivity index (χ1) is 17.0. The van der Waals surface area contributed by atoms with E-state index in [9.17, 15) is 5.11 Å². The third-order valence-corrected chi connectivity index (χ3v) is 6.51. The van der Waals surface area contributed by atoms with E-state index in [-0.39, 0.29) is 11.7 Å². The molecule has 7 nitrogen and oxygen atoms in total. The van der Waals surface area contributed by atoms with Gasteiger partial charge in [0.05, 0.1) is 18.1 Å². The SMILES string of the molecule is CCC(C)C(=Nc1ccc(-c2cc(O)ccc2Cl)cn1)Nc1cncc(OCCN2CCCC2)c1. The first kappa shape index (κ1) is 24.9. The van der Waals surface area contributed by atoms with Crippen molar-refractivity contribution in [3.8, 4) is 22.6 Å². The Kier molecular flexibility index (Phi) is 8.55. The number of hydrogen-bond donors (Lipinski definition) is 2. The molecular formula is C27H32ClN5O2. The van der Waals surface area contributed by atoms with Gasteiger partial charge in [-0.3, -0.25) is 9.88 Å². The van der Waals surface area contributed by atoms with Gasteiger partial charge >= 0.3 is 0 Å². The van der Waals surface area contributed by atoms with Gasteiger partial charge < -0.3 is 15.2 Å². The number of phenolic OH excluding ortho intramolecular Hbond substituents is 1.